The number of aliphatic imine (C=N–C) groups is 1. The first-order valence-electron chi connectivity index (χ1n) is 7.87. The van der Waals surface area contributed by atoms with Crippen molar-refractivity contribution in [2.75, 3.05) is 18.0 Å². The molecule has 0 aliphatic carbocycles. The third-order valence-corrected chi connectivity index (χ3v) is 4.62. The van der Waals surface area contributed by atoms with E-state index in [2.05, 4.69) is 41.1 Å². The van der Waals surface area contributed by atoms with E-state index in [1.54, 1.807) is 0 Å². The fourth-order valence-electron chi connectivity index (χ4n) is 3.29. The Bertz CT molecular complexity index is 810. The van der Waals surface area contributed by atoms with Gasteiger partial charge in [0.05, 0.1) is 12.2 Å². The molecule has 2 aromatic carbocycles. The third kappa shape index (κ3) is 2.73. The van der Waals surface area contributed by atoms with Gasteiger partial charge in [-0.15, -0.1) is 0 Å². The Labute approximate surface area is 141 Å². The molecule has 0 atom stereocenters. The van der Waals surface area contributed by atoms with E-state index in [9.17, 15) is 0 Å². The van der Waals surface area contributed by atoms with Gasteiger partial charge >= 0.3 is 0 Å². The third-order valence-electron chi connectivity index (χ3n) is 4.38. The van der Waals surface area contributed by atoms with Crippen LogP contribution in [0.2, 0.25) is 5.02 Å². The second kappa shape index (κ2) is 5.74. The van der Waals surface area contributed by atoms with Crippen LogP contribution in [0.3, 0.4) is 0 Å². The molecule has 2 aromatic rings. The zero-order valence-electron chi connectivity index (χ0n) is 12.8. The Hall–Kier alpha value is -2.26. The molecule has 0 fully saturated rings. The SMILES string of the molecule is C=C1NC(CN2CCCc3ccccc32)=Nc2ccc(Cl)cc21. The zero-order chi connectivity index (χ0) is 15.8. The molecule has 0 unspecified atom stereocenters. The predicted octanol–water partition coefficient (Wildman–Crippen LogP) is 4.40. The molecule has 0 spiro atoms. The number of amidine groups is 1. The lowest BCUT2D eigenvalue weighted by Gasteiger charge is -2.32. The van der Waals surface area contributed by atoms with E-state index >= 15 is 0 Å². The Kier molecular flexibility index (Phi) is 3.58. The number of nitrogens with zero attached hydrogens (tertiary/aromatic N) is 2. The summed E-state index contributed by atoms with van der Waals surface area (Å²) in [5.41, 5.74) is 5.49. The van der Waals surface area contributed by atoms with Crippen LogP contribution in [0.4, 0.5) is 11.4 Å². The van der Waals surface area contributed by atoms with Gasteiger partial charge < -0.3 is 10.2 Å². The lowest BCUT2D eigenvalue weighted by Crippen LogP contribution is -2.40. The van der Waals surface area contributed by atoms with Crippen LogP contribution in [0.15, 0.2) is 54.0 Å². The Balaban J connectivity index is 1.63. The number of hydrogen-bond acceptors (Lipinski definition) is 3. The number of benzene rings is 2. The Morgan fingerprint density at radius 3 is 3.00 bits per heavy atom. The first kappa shape index (κ1) is 14.3. The summed E-state index contributed by atoms with van der Waals surface area (Å²) < 4.78 is 0. The molecule has 0 bridgehead atoms. The average molecular weight is 324 g/mol. The van der Waals surface area contributed by atoms with Crippen LogP contribution in [0.1, 0.15) is 17.5 Å². The molecule has 4 rings (SSSR count). The smallest absolute Gasteiger partial charge is 0.126 e. The van der Waals surface area contributed by atoms with Crippen molar-refractivity contribution in [1.29, 1.82) is 0 Å². The number of nitrogens with one attached hydrogen (secondary N) is 1. The van der Waals surface area contributed by atoms with Gasteiger partial charge in [-0.05, 0) is 42.7 Å². The van der Waals surface area contributed by atoms with Crippen molar-refractivity contribution in [2.45, 2.75) is 12.8 Å². The fourth-order valence-corrected chi connectivity index (χ4v) is 3.47. The monoisotopic (exact) mass is 323 g/mol. The van der Waals surface area contributed by atoms with Crippen LogP contribution in [0, 0.1) is 0 Å². The zero-order valence-corrected chi connectivity index (χ0v) is 13.6. The molecule has 4 heteroatoms. The highest BCUT2D eigenvalue weighted by Gasteiger charge is 2.21. The number of halogens is 1. The summed E-state index contributed by atoms with van der Waals surface area (Å²) in [6.07, 6.45) is 2.33. The van der Waals surface area contributed by atoms with E-state index in [1.807, 2.05) is 18.2 Å². The van der Waals surface area contributed by atoms with Gasteiger partial charge in [0.2, 0.25) is 0 Å². The maximum atomic E-state index is 6.06. The first-order valence-corrected chi connectivity index (χ1v) is 8.25. The van der Waals surface area contributed by atoms with Gasteiger partial charge in [-0.1, -0.05) is 36.4 Å². The molecule has 1 N–H and O–H groups in total. The van der Waals surface area contributed by atoms with Crippen molar-refractivity contribution in [3.8, 4) is 0 Å². The Morgan fingerprint density at radius 2 is 2.09 bits per heavy atom. The number of fused-ring (bicyclic) bond motifs is 2. The van der Waals surface area contributed by atoms with E-state index in [0.29, 0.717) is 5.02 Å². The van der Waals surface area contributed by atoms with Crippen molar-refractivity contribution in [1.82, 2.24) is 5.32 Å². The molecule has 0 radical (unpaired) electrons. The van der Waals surface area contributed by atoms with E-state index in [4.69, 9.17) is 16.6 Å². The summed E-state index contributed by atoms with van der Waals surface area (Å²) in [5, 5.41) is 4.04. The number of anilines is 1. The van der Waals surface area contributed by atoms with Crippen LogP contribution in [-0.4, -0.2) is 18.9 Å². The fraction of sp³-hybridized carbons (Fsp3) is 0.211. The standard InChI is InChI=1S/C19H18ClN3/c1-13-16-11-15(20)8-9-17(16)22-19(21-13)12-23-10-4-6-14-5-2-3-7-18(14)23/h2-3,5,7-9,11H,1,4,6,10,12H2,(H,21,22). The molecule has 23 heavy (non-hydrogen) atoms. The largest absolute Gasteiger partial charge is 0.364 e. The average Bonchev–Trinajstić information content (AvgIpc) is 2.56. The molecule has 0 saturated carbocycles. The summed E-state index contributed by atoms with van der Waals surface area (Å²) in [6, 6.07) is 14.4. The maximum absolute atomic E-state index is 6.06. The summed E-state index contributed by atoms with van der Waals surface area (Å²) in [7, 11) is 0. The van der Waals surface area contributed by atoms with Crippen LogP contribution >= 0.6 is 11.6 Å². The van der Waals surface area contributed by atoms with Crippen molar-refractivity contribution >= 4 is 34.5 Å². The van der Waals surface area contributed by atoms with E-state index in [-0.39, 0.29) is 0 Å². The second-order valence-electron chi connectivity index (χ2n) is 5.98. The highest BCUT2D eigenvalue weighted by molar-refractivity contribution is 6.31. The molecular weight excluding hydrogens is 306 g/mol. The highest BCUT2D eigenvalue weighted by Crippen LogP contribution is 2.31. The summed E-state index contributed by atoms with van der Waals surface area (Å²) in [4.78, 5) is 7.14. The lowest BCUT2D eigenvalue weighted by atomic mass is 10.0. The summed E-state index contributed by atoms with van der Waals surface area (Å²) >= 11 is 6.06. The first-order chi connectivity index (χ1) is 11.2. The van der Waals surface area contributed by atoms with Crippen molar-refractivity contribution in [3.05, 3.63) is 65.2 Å². The molecule has 116 valence electrons. The molecular formula is C19H18ClN3. The van der Waals surface area contributed by atoms with E-state index < -0.39 is 0 Å². The molecule has 2 aliphatic heterocycles. The van der Waals surface area contributed by atoms with Gasteiger partial charge in [0.25, 0.3) is 0 Å². The predicted molar refractivity (Wildman–Crippen MR) is 97.7 cm³/mol. The molecule has 2 heterocycles. The normalized spacial score (nSPS) is 16.3. The topological polar surface area (TPSA) is 27.6 Å². The van der Waals surface area contributed by atoms with Crippen LogP contribution < -0.4 is 10.2 Å². The summed E-state index contributed by atoms with van der Waals surface area (Å²) in [6.45, 7) is 5.93. The maximum Gasteiger partial charge on any atom is 0.126 e. The van der Waals surface area contributed by atoms with Gasteiger partial charge in [0, 0.05) is 28.5 Å². The van der Waals surface area contributed by atoms with Gasteiger partial charge in [-0.3, -0.25) is 0 Å². The number of para-hydroxylation sites is 1. The molecule has 0 aromatic heterocycles. The second-order valence-corrected chi connectivity index (χ2v) is 6.41. The van der Waals surface area contributed by atoms with Gasteiger partial charge in [0.1, 0.15) is 5.84 Å². The van der Waals surface area contributed by atoms with Crippen LogP contribution in [0.25, 0.3) is 5.70 Å². The summed E-state index contributed by atoms with van der Waals surface area (Å²) in [5.74, 6) is 0.932. The molecule has 0 saturated heterocycles. The number of hydrogen-bond donors (Lipinski definition) is 1. The van der Waals surface area contributed by atoms with Crippen LogP contribution in [0.5, 0.6) is 0 Å². The Morgan fingerprint density at radius 1 is 1.22 bits per heavy atom. The van der Waals surface area contributed by atoms with Crippen molar-refractivity contribution in [3.63, 3.8) is 0 Å². The molecule has 3 nitrogen and oxygen atoms in total. The minimum atomic E-state index is 0.704. The minimum absolute atomic E-state index is 0.704. The van der Waals surface area contributed by atoms with Crippen LogP contribution in [-0.2, 0) is 6.42 Å². The van der Waals surface area contributed by atoms with Gasteiger partial charge in [-0.2, -0.15) is 0 Å². The number of aryl methyl sites for hydroxylation is 1. The van der Waals surface area contributed by atoms with E-state index in [0.717, 1.165) is 42.3 Å². The van der Waals surface area contributed by atoms with Crippen molar-refractivity contribution in [2.24, 2.45) is 4.99 Å². The highest BCUT2D eigenvalue weighted by atomic mass is 35.5. The van der Waals surface area contributed by atoms with E-state index in [1.165, 1.54) is 17.7 Å². The lowest BCUT2D eigenvalue weighted by molar-refractivity contribution is 0.726. The quantitative estimate of drug-likeness (QED) is 0.887. The number of rotatable bonds is 2. The van der Waals surface area contributed by atoms with Crippen molar-refractivity contribution < 1.29 is 0 Å². The minimum Gasteiger partial charge on any atom is -0.364 e. The molecule has 0 amide bonds. The van der Waals surface area contributed by atoms with Gasteiger partial charge in [0.15, 0.2) is 0 Å². The molecule has 2 aliphatic rings. The van der Waals surface area contributed by atoms with Gasteiger partial charge in [-0.25, -0.2) is 4.99 Å².